The Kier molecular flexibility index (Phi) is 69.4. The molecule has 542 valence electrons. The standard InChI is InChI=1S/C88H132NO8P/c1-6-8-10-12-14-16-18-20-22-24-26-28-30-32-34-36-38-40-42-43-44-45-47-49-51-53-55-57-59-61-63-65-67-69-71-73-75-77-79-81-88(91)97-86(85-96-98(92,93)95-83-82-89(3,4)5)84-94-87(90)80-78-76-74-72-70-68-66-64-62-60-58-56-54-52-50-48-46-41-39-37-35-33-31-29-27-25-23-21-19-17-15-13-11-9-7-2/h8-11,14-17,20-23,26-29,32-35,38-41,43-44,47-50,53-56,59-62,65-68,71,73,86H,6-7,12-13,18-19,24-25,30-31,36-37,42,45-46,51-52,57-58,63-64,69-70,72,74-85H2,1-5H3/p+1/b10-8-,11-9-,16-14-,17-15-,22-20-,23-21-,28-26-,29-27-,34-32-,35-33-,40-38-,41-39-,44-43-,49-47-,50-48-,55-53-,56-54-,61-59-,62-60-,67-65-,68-66-,73-71-. The van der Waals surface area contributed by atoms with Gasteiger partial charge in [0.05, 0.1) is 27.7 Å². The summed E-state index contributed by atoms with van der Waals surface area (Å²) in [6.07, 6.45) is 125. The zero-order chi connectivity index (χ0) is 71.1. The number of likely N-dealkylation sites (N-methyl/N-ethyl adjacent to an activating group) is 1. The Hall–Kier alpha value is -6.71. The number of carbonyl (C=O) groups excluding carboxylic acids is 2. The summed E-state index contributed by atoms with van der Waals surface area (Å²) in [5.41, 5.74) is 0. The number of carbonyl (C=O) groups is 2. The molecule has 10 heteroatoms. The lowest BCUT2D eigenvalue weighted by molar-refractivity contribution is -0.870. The van der Waals surface area contributed by atoms with Crippen LogP contribution in [0.1, 0.15) is 219 Å². The topological polar surface area (TPSA) is 108 Å². The van der Waals surface area contributed by atoms with Crippen LogP contribution in [0.25, 0.3) is 0 Å². The van der Waals surface area contributed by atoms with E-state index in [0.717, 1.165) is 180 Å². The molecule has 0 aliphatic heterocycles. The van der Waals surface area contributed by atoms with Crippen molar-refractivity contribution in [3.05, 3.63) is 267 Å². The number of hydrogen-bond donors (Lipinski definition) is 1. The minimum atomic E-state index is -4.44. The van der Waals surface area contributed by atoms with Crippen molar-refractivity contribution in [3.63, 3.8) is 0 Å². The zero-order valence-corrected chi connectivity index (χ0v) is 62.5. The fourth-order valence-electron chi connectivity index (χ4n) is 8.67. The molecule has 0 saturated heterocycles. The highest BCUT2D eigenvalue weighted by molar-refractivity contribution is 7.47. The van der Waals surface area contributed by atoms with Gasteiger partial charge in [0, 0.05) is 12.8 Å². The second kappa shape index (κ2) is 74.5. The molecule has 2 unspecified atom stereocenters. The minimum absolute atomic E-state index is 0.00246. The minimum Gasteiger partial charge on any atom is -0.462 e. The first-order valence-corrected chi connectivity index (χ1v) is 38.6. The van der Waals surface area contributed by atoms with Crippen molar-refractivity contribution in [2.45, 2.75) is 225 Å². The van der Waals surface area contributed by atoms with Gasteiger partial charge in [-0.1, -0.05) is 294 Å². The first kappa shape index (κ1) is 91.3. The van der Waals surface area contributed by atoms with Gasteiger partial charge in [0.1, 0.15) is 19.8 Å². The third-order valence-electron chi connectivity index (χ3n) is 14.3. The van der Waals surface area contributed by atoms with E-state index in [4.69, 9.17) is 18.5 Å². The van der Waals surface area contributed by atoms with E-state index in [2.05, 4.69) is 281 Å². The Morgan fingerprint density at radius 3 is 0.827 bits per heavy atom. The van der Waals surface area contributed by atoms with Gasteiger partial charge in [-0.3, -0.25) is 18.6 Å². The van der Waals surface area contributed by atoms with Crippen molar-refractivity contribution < 1.29 is 42.1 Å². The maximum Gasteiger partial charge on any atom is 0.472 e. The van der Waals surface area contributed by atoms with Gasteiger partial charge in [-0.15, -0.1) is 0 Å². The van der Waals surface area contributed by atoms with Crippen molar-refractivity contribution in [3.8, 4) is 0 Å². The van der Waals surface area contributed by atoms with E-state index in [9.17, 15) is 19.0 Å². The molecule has 0 saturated carbocycles. The molecule has 0 fully saturated rings. The van der Waals surface area contributed by atoms with E-state index < -0.39 is 32.5 Å². The summed E-state index contributed by atoms with van der Waals surface area (Å²) in [6.45, 7) is 4.08. The summed E-state index contributed by atoms with van der Waals surface area (Å²) in [5, 5.41) is 0. The van der Waals surface area contributed by atoms with Crippen LogP contribution in [0, 0.1) is 0 Å². The maximum absolute atomic E-state index is 12.9. The number of allylic oxidation sites excluding steroid dienone is 44. The molecule has 0 aromatic heterocycles. The average molecular weight is 1360 g/mol. The number of phosphoric ester groups is 1. The molecule has 0 heterocycles. The third-order valence-corrected chi connectivity index (χ3v) is 15.2. The maximum atomic E-state index is 12.9. The Morgan fingerprint density at radius 2 is 0.551 bits per heavy atom. The van der Waals surface area contributed by atoms with Crippen LogP contribution in [-0.4, -0.2) is 74.9 Å². The normalized spacial score (nSPS) is 14.6. The van der Waals surface area contributed by atoms with Gasteiger partial charge in [-0.05, 0) is 180 Å². The van der Waals surface area contributed by atoms with Crippen LogP contribution in [0.4, 0.5) is 0 Å². The van der Waals surface area contributed by atoms with Crippen LogP contribution in [-0.2, 0) is 32.7 Å². The van der Waals surface area contributed by atoms with E-state index in [0.29, 0.717) is 23.9 Å². The lowest BCUT2D eigenvalue weighted by atomic mass is 10.1. The molecule has 0 rings (SSSR count). The number of unbranched alkanes of at least 4 members (excludes halogenated alkanes) is 6. The van der Waals surface area contributed by atoms with Crippen molar-refractivity contribution in [2.75, 3.05) is 47.5 Å². The van der Waals surface area contributed by atoms with Gasteiger partial charge in [0.15, 0.2) is 6.10 Å². The van der Waals surface area contributed by atoms with Gasteiger partial charge < -0.3 is 18.9 Å². The van der Waals surface area contributed by atoms with Gasteiger partial charge in [-0.25, -0.2) is 4.57 Å². The number of nitrogens with zero attached hydrogens (tertiary/aromatic N) is 1. The van der Waals surface area contributed by atoms with Crippen LogP contribution in [0.2, 0.25) is 0 Å². The fraction of sp³-hybridized carbons (Fsp3) is 0.477. The molecule has 0 aliphatic carbocycles. The van der Waals surface area contributed by atoms with E-state index in [1.54, 1.807) is 0 Å². The quantitative estimate of drug-likeness (QED) is 0.0211. The van der Waals surface area contributed by atoms with Gasteiger partial charge in [0.25, 0.3) is 0 Å². The summed E-state index contributed by atoms with van der Waals surface area (Å²) in [5.74, 6) is -0.903. The predicted octanol–water partition coefficient (Wildman–Crippen LogP) is 25.0. The highest BCUT2D eigenvalue weighted by atomic mass is 31.2. The highest BCUT2D eigenvalue weighted by Crippen LogP contribution is 2.43. The summed E-state index contributed by atoms with van der Waals surface area (Å²) >= 11 is 0. The number of rotatable bonds is 64. The fourth-order valence-corrected chi connectivity index (χ4v) is 9.41. The second-order valence-electron chi connectivity index (χ2n) is 24.5. The Labute approximate surface area is 598 Å². The molecule has 0 radical (unpaired) electrons. The second-order valence-corrected chi connectivity index (χ2v) is 26.0. The number of ether oxygens (including phenoxy) is 2. The van der Waals surface area contributed by atoms with Crippen LogP contribution in [0.15, 0.2) is 267 Å². The molecular weight excluding hydrogens is 1230 g/mol. The van der Waals surface area contributed by atoms with Crippen molar-refractivity contribution >= 4 is 19.8 Å². The van der Waals surface area contributed by atoms with Crippen LogP contribution in [0.3, 0.4) is 0 Å². The monoisotopic (exact) mass is 1360 g/mol. The SMILES string of the molecule is CC/C=C\C/C=C\C/C=C\C/C=C\C/C=C\C/C=C\C/C=C\C/C=C\C/C=C\C/C=C\C/C=C\C/C=C\CCCCC(=O)OC(COC(=O)CCCCCC/C=C\C/C=C\C/C=C\C/C=C\C/C=C\C/C=C\C/C=C\C/C=C\C/C=C\C/C=C\CC)COP(=O)(O)OCC[N+](C)(C)C. The third kappa shape index (κ3) is 78.3. The largest absolute Gasteiger partial charge is 0.472 e. The van der Waals surface area contributed by atoms with E-state index >= 15 is 0 Å². The number of phosphoric acid groups is 1. The number of hydrogen-bond acceptors (Lipinski definition) is 7. The summed E-state index contributed by atoms with van der Waals surface area (Å²) < 4.78 is 34.6. The van der Waals surface area contributed by atoms with Crippen LogP contribution in [0.5, 0.6) is 0 Å². The van der Waals surface area contributed by atoms with Crippen molar-refractivity contribution in [1.29, 1.82) is 0 Å². The van der Waals surface area contributed by atoms with Crippen LogP contribution < -0.4 is 0 Å². The lowest BCUT2D eigenvalue weighted by Gasteiger charge is -2.24. The molecule has 98 heavy (non-hydrogen) atoms. The van der Waals surface area contributed by atoms with E-state index in [-0.39, 0.29) is 26.1 Å². The molecule has 0 bridgehead atoms. The average Bonchev–Trinajstić information content (AvgIpc) is 1.23. The van der Waals surface area contributed by atoms with E-state index in [1.165, 1.54) is 0 Å². The Bertz CT molecular complexity index is 2660. The molecule has 0 aromatic rings. The van der Waals surface area contributed by atoms with Crippen molar-refractivity contribution in [1.82, 2.24) is 0 Å². The zero-order valence-electron chi connectivity index (χ0n) is 61.6. The van der Waals surface area contributed by atoms with Gasteiger partial charge in [-0.2, -0.15) is 0 Å². The van der Waals surface area contributed by atoms with Crippen molar-refractivity contribution in [2.24, 2.45) is 0 Å². The smallest absolute Gasteiger partial charge is 0.462 e. The molecule has 9 nitrogen and oxygen atoms in total. The molecular formula is C88H133NO8P+. The number of quaternary nitrogens is 1. The molecule has 0 spiro atoms. The first-order chi connectivity index (χ1) is 48.0. The predicted molar refractivity (Wildman–Crippen MR) is 426 cm³/mol. The van der Waals surface area contributed by atoms with E-state index in [1.807, 2.05) is 21.1 Å². The molecule has 2 atom stereocenters. The Balaban J connectivity index is 4.29. The molecule has 1 N–H and O–H groups in total. The lowest BCUT2D eigenvalue weighted by Crippen LogP contribution is -2.37. The summed E-state index contributed by atoms with van der Waals surface area (Å²) in [7, 11) is 1.39. The molecule has 0 amide bonds. The molecule has 0 aromatic carbocycles. The number of esters is 2. The van der Waals surface area contributed by atoms with Crippen LogP contribution >= 0.6 is 7.82 Å². The molecule has 0 aliphatic rings. The summed E-state index contributed by atoms with van der Waals surface area (Å²) in [6, 6.07) is 0. The Morgan fingerprint density at radius 1 is 0.316 bits per heavy atom. The van der Waals surface area contributed by atoms with Gasteiger partial charge >= 0.3 is 19.8 Å². The van der Waals surface area contributed by atoms with Gasteiger partial charge in [0.2, 0.25) is 0 Å². The summed E-state index contributed by atoms with van der Waals surface area (Å²) in [4.78, 5) is 35.9. The highest BCUT2D eigenvalue weighted by Gasteiger charge is 2.27. The first-order valence-electron chi connectivity index (χ1n) is 37.1.